The predicted molar refractivity (Wildman–Crippen MR) is 89.7 cm³/mol. The number of benzene rings is 2. The summed E-state index contributed by atoms with van der Waals surface area (Å²) in [7, 11) is 0. The van der Waals surface area contributed by atoms with Gasteiger partial charge in [0.05, 0.1) is 0 Å². The lowest BCUT2D eigenvalue weighted by atomic mass is 10.0. The fourth-order valence-electron chi connectivity index (χ4n) is 3.23. The average Bonchev–Trinajstić information content (AvgIpc) is 2.83. The number of nitrogens with two attached hydrogens (primary N) is 1. The van der Waals surface area contributed by atoms with E-state index in [1.165, 1.54) is 22.4 Å². The quantitative estimate of drug-likeness (QED) is 0.925. The third-order valence-electron chi connectivity index (χ3n) is 4.56. The number of para-hydroxylation sites is 1. The third-order valence-corrected chi connectivity index (χ3v) is 4.56. The minimum Gasteiger partial charge on any atom is -0.366 e. The van der Waals surface area contributed by atoms with Gasteiger partial charge in [-0.2, -0.15) is 0 Å². The summed E-state index contributed by atoms with van der Waals surface area (Å²) >= 11 is 0. The van der Waals surface area contributed by atoms with Crippen molar-refractivity contribution in [2.75, 3.05) is 11.4 Å². The molecule has 0 aromatic heterocycles. The van der Waals surface area contributed by atoms with Crippen LogP contribution in [0.1, 0.15) is 36.6 Å². The maximum absolute atomic E-state index is 6.44. The van der Waals surface area contributed by atoms with Gasteiger partial charge in [-0.1, -0.05) is 49.4 Å². The van der Waals surface area contributed by atoms with E-state index in [1.54, 1.807) is 0 Å². The maximum atomic E-state index is 6.44. The molecule has 0 bridgehead atoms. The van der Waals surface area contributed by atoms with Gasteiger partial charge in [0.25, 0.3) is 0 Å². The second kappa shape index (κ2) is 5.90. The summed E-state index contributed by atoms with van der Waals surface area (Å²) in [6.45, 7) is 5.34. The summed E-state index contributed by atoms with van der Waals surface area (Å²) in [6, 6.07) is 18.0. The van der Waals surface area contributed by atoms with E-state index in [1.807, 2.05) is 0 Å². The predicted octanol–water partition coefficient (Wildman–Crippen LogP) is 3.70. The van der Waals surface area contributed by atoms with Crippen molar-refractivity contribution >= 4 is 5.69 Å². The Kier molecular flexibility index (Phi) is 3.98. The second-order valence-electron chi connectivity index (χ2n) is 6.04. The van der Waals surface area contributed by atoms with Gasteiger partial charge in [-0.15, -0.1) is 0 Å². The molecule has 0 spiro atoms. The molecule has 0 amide bonds. The zero-order valence-electron chi connectivity index (χ0n) is 12.9. The van der Waals surface area contributed by atoms with Crippen LogP contribution in [0.3, 0.4) is 0 Å². The van der Waals surface area contributed by atoms with Crippen LogP contribution in [0.5, 0.6) is 0 Å². The largest absolute Gasteiger partial charge is 0.366 e. The van der Waals surface area contributed by atoms with E-state index < -0.39 is 0 Å². The molecule has 0 aliphatic carbocycles. The van der Waals surface area contributed by atoms with Gasteiger partial charge >= 0.3 is 0 Å². The zero-order valence-corrected chi connectivity index (χ0v) is 12.9. The molecule has 2 atom stereocenters. The molecule has 0 radical (unpaired) electrons. The first-order valence-corrected chi connectivity index (χ1v) is 7.88. The van der Waals surface area contributed by atoms with Gasteiger partial charge in [-0.05, 0) is 42.5 Å². The van der Waals surface area contributed by atoms with Crippen LogP contribution in [-0.4, -0.2) is 12.6 Å². The van der Waals surface area contributed by atoms with E-state index in [0.717, 1.165) is 19.4 Å². The molecule has 2 aromatic rings. The highest BCUT2D eigenvalue weighted by Crippen LogP contribution is 2.32. The number of fused-ring (bicyclic) bond motifs is 1. The van der Waals surface area contributed by atoms with Crippen molar-refractivity contribution in [1.82, 2.24) is 0 Å². The van der Waals surface area contributed by atoms with Gasteiger partial charge in [-0.25, -0.2) is 0 Å². The Morgan fingerprint density at radius 1 is 1.14 bits per heavy atom. The average molecular weight is 280 g/mol. The second-order valence-corrected chi connectivity index (χ2v) is 6.04. The van der Waals surface area contributed by atoms with Crippen molar-refractivity contribution in [3.8, 4) is 0 Å². The third kappa shape index (κ3) is 2.81. The monoisotopic (exact) mass is 280 g/mol. The van der Waals surface area contributed by atoms with E-state index in [0.29, 0.717) is 6.04 Å². The lowest BCUT2D eigenvalue weighted by molar-refractivity contribution is 0.609. The molecule has 2 unspecified atom stereocenters. The fraction of sp³-hybridized carbons (Fsp3) is 0.368. The molecule has 21 heavy (non-hydrogen) atoms. The summed E-state index contributed by atoms with van der Waals surface area (Å²) in [5, 5.41) is 0. The molecule has 1 heterocycles. The van der Waals surface area contributed by atoms with Crippen LogP contribution in [0, 0.1) is 0 Å². The van der Waals surface area contributed by atoms with Gasteiger partial charge in [0.2, 0.25) is 0 Å². The number of rotatable bonds is 4. The van der Waals surface area contributed by atoms with Crippen LogP contribution >= 0.6 is 0 Å². The topological polar surface area (TPSA) is 29.3 Å². The molecule has 3 rings (SSSR count). The lowest BCUT2D eigenvalue weighted by Crippen LogP contribution is -2.36. The molecule has 2 aromatic carbocycles. The van der Waals surface area contributed by atoms with E-state index in [2.05, 4.69) is 67.3 Å². The van der Waals surface area contributed by atoms with Crippen LogP contribution in [0.2, 0.25) is 0 Å². The van der Waals surface area contributed by atoms with Gasteiger partial charge < -0.3 is 10.6 Å². The SMILES string of the molecule is CCc1ccc(C(N)CN2c3ccccc3CC2C)cc1. The van der Waals surface area contributed by atoms with Crippen molar-refractivity contribution in [1.29, 1.82) is 0 Å². The Hall–Kier alpha value is -1.80. The molecule has 110 valence electrons. The minimum absolute atomic E-state index is 0.0597. The van der Waals surface area contributed by atoms with Crippen LogP contribution < -0.4 is 10.6 Å². The highest BCUT2D eigenvalue weighted by atomic mass is 15.2. The molecule has 0 saturated carbocycles. The molecule has 0 fully saturated rings. The number of hydrogen-bond acceptors (Lipinski definition) is 2. The Morgan fingerprint density at radius 3 is 2.57 bits per heavy atom. The van der Waals surface area contributed by atoms with E-state index in [-0.39, 0.29) is 6.04 Å². The molecule has 0 saturated heterocycles. The summed E-state index contributed by atoms with van der Waals surface area (Å²) in [4.78, 5) is 2.45. The number of nitrogens with zero attached hydrogens (tertiary/aromatic N) is 1. The zero-order chi connectivity index (χ0) is 14.8. The minimum atomic E-state index is 0.0597. The van der Waals surface area contributed by atoms with Gasteiger partial charge in [0, 0.05) is 24.3 Å². The number of hydrogen-bond donors (Lipinski definition) is 1. The van der Waals surface area contributed by atoms with Crippen molar-refractivity contribution in [3.63, 3.8) is 0 Å². The summed E-state index contributed by atoms with van der Waals surface area (Å²) < 4.78 is 0. The van der Waals surface area contributed by atoms with Crippen molar-refractivity contribution in [3.05, 3.63) is 65.2 Å². The molecule has 1 aliphatic heterocycles. The van der Waals surface area contributed by atoms with Gasteiger partial charge in [-0.3, -0.25) is 0 Å². The number of anilines is 1. The Morgan fingerprint density at radius 2 is 1.86 bits per heavy atom. The van der Waals surface area contributed by atoms with Crippen molar-refractivity contribution < 1.29 is 0 Å². The van der Waals surface area contributed by atoms with Crippen molar-refractivity contribution in [2.45, 2.75) is 38.8 Å². The number of aryl methyl sites for hydroxylation is 1. The van der Waals surface area contributed by atoms with Crippen LogP contribution in [0.4, 0.5) is 5.69 Å². The maximum Gasteiger partial charge on any atom is 0.0473 e. The molecular formula is C19H24N2. The Balaban J connectivity index is 1.76. The summed E-state index contributed by atoms with van der Waals surface area (Å²) in [5.74, 6) is 0. The molecule has 2 nitrogen and oxygen atoms in total. The van der Waals surface area contributed by atoms with E-state index in [9.17, 15) is 0 Å². The smallest absolute Gasteiger partial charge is 0.0473 e. The van der Waals surface area contributed by atoms with E-state index >= 15 is 0 Å². The van der Waals surface area contributed by atoms with Crippen molar-refractivity contribution in [2.24, 2.45) is 5.73 Å². The molecular weight excluding hydrogens is 256 g/mol. The van der Waals surface area contributed by atoms with Gasteiger partial charge in [0.15, 0.2) is 0 Å². The van der Waals surface area contributed by atoms with Crippen LogP contribution in [-0.2, 0) is 12.8 Å². The summed E-state index contributed by atoms with van der Waals surface area (Å²) in [5.41, 5.74) is 11.8. The standard InChI is InChI=1S/C19H24N2/c1-3-15-8-10-16(11-9-15)18(20)13-21-14(2)12-17-6-4-5-7-19(17)21/h4-11,14,18H,3,12-13,20H2,1-2H3. The molecule has 2 N–H and O–H groups in total. The van der Waals surface area contributed by atoms with Crippen LogP contribution in [0.25, 0.3) is 0 Å². The first kappa shape index (κ1) is 14.2. The first-order valence-electron chi connectivity index (χ1n) is 7.88. The van der Waals surface area contributed by atoms with Crippen LogP contribution in [0.15, 0.2) is 48.5 Å². The highest BCUT2D eigenvalue weighted by molar-refractivity contribution is 5.59. The Labute approximate surface area is 127 Å². The molecule has 2 heteroatoms. The Bertz CT molecular complexity index is 603. The first-order chi connectivity index (χ1) is 10.2. The van der Waals surface area contributed by atoms with Gasteiger partial charge in [0.1, 0.15) is 0 Å². The van der Waals surface area contributed by atoms with E-state index in [4.69, 9.17) is 5.73 Å². The summed E-state index contributed by atoms with van der Waals surface area (Å²) in [6.07, 6.45) is 2.20. The molecule has 1 aliphatic rings. The lowest BCUT2D eigenvalue weighted by Gasteiger charge is -2.28. The highest BCUT2D eigenvalue weighted by Gasteiger charge is 2.26. The normalized spacial score (nSPS) is 18.6. The fourth-order valence-corrected chi connectivity index (χ4v) is 3.23.